The predicted octanol–water partition coefficient (Wildman–Crippen LogP) is 15.3. The van der Waals surface area contributed by atoms with Crippen LogP contribution in [0.1, 0.15) is 118 Å². The summed E-state index contributed by atoms with van der Waals surface area (Å²) in [4.78, 5) is 0. The Morgan fingerprint density at radius 3 is 2.06 bits per heavy atom. The van der Waals surface area contributed by atoms with Crippen molar-refractivity contribution in [3.63, 3.8) is 0 Å². The van der Waals surface area contributed by atoms with Gasteiger partial charge in [-0.15, -0.1) is 0 Å². The molecule has 0 N–H and O–H groups in total. The van der Waals surface area contributed by atoms with Crippen LogP contribution < -0.4 is 10.4 Å². The molecule has 0 saturated carbocycles. The van der Waals surface area contributed by atoms with E-state index in [2.05, 4.69) is 225 Å². The highest BCUT2D eigenvalue weighted by atomic mass is 14.4. The largest absolute Gasteiger partial charge is 0.0984 e. The molecule has 0 aliphatic heterocycles. The fraction of sp³-hybridized carbons (Fsp3) is 0.258. The first-order chi connectivity index (χ1) is 30.1. The van der Waals surface area contributed by atoms with Gasteiger partial charge in [-0.2, -0.15) is 0 Å². The van der Waals surface area contributed by atoms with E-state index in [1.807, 2.05) is 13.8 Å². The maximum atomic E-state index is 4.21. The molecule has 5 aliphatic carbocycles. The number of hydrogen-bond donors (Lipinski definition) is 0. The molecule has 10 rings (SSSR count). The number of rotatable bonds is 6. The molecule has 0 amide bonds. The second kappa shape index (κ2) is 19.4. The van der Waals surface area contributed by atoms with Crippen LogP contribution in [0.3, 0.4) is 0 Å². The zero-order chi connectivity index (χ0) is 44.0. The summed E-state index contributed by atoms with van der Waals surface area (Å²) in [5.41, 5.74) is 20.9. The van der Waals surface area contributed by atoms with Crippen LogP contribution in [-0.2, 0) is 11.8 Å². The third-order valence-corrected chi connectivity index (χ3v) is 13.4. The van der Waals surface area contributed by atoms with Gasteiger partial charge in [0.25, 0.3) is 0 Å². The van der Waals surface area contributed by atoms with Crippen LogP contribution in [0.2, 0.25) is 0 Å². The van der Waals surface area contributed by atoms with Crippen molar-refractivity contribution in [3.8, 4) is 11.1 Å². The van der Waals surface area contributed by atoms with Gasteiger partial charge in [-0.1, -0.05) is 235 Å². The first-order valence-electron chi connectivity index (χ1n) is 23.0. The monoisotopic (exact) mass is 811 g/mol. The molecule has 0 heterocycles. The lowest BCUT2D eigenvalue weighted by atomic mass is 9.80. The van der Waals surface area contributed by atoms with Gasteiger partial charge in [-0.3, -0.25) is 0 Å². The van der Waals surface area contributed by atoms with E-state index < -0.39 is 0 Å². The molecule has 5 aromatic carbocycles. The second-order valence-electron chi connectivity index (χ2n) is 17.8. The summed E-state index contributed by atoms with van der Waals surface area (Å²) >= 11 is 0. The van der Waals surface area contributed by atoms with Crippen molar-refractivity contribution in [2.75, 3.05) is 0 Å². The van der Waals surface area contributed by atoms with Gasteiger partial charge in [0, 0.05) is 11.3 Å². The van der Waals surface area contributed by atoms with Crippen molar-refractivity contribution in [2.45, 2.75) is 98.8 Å². The molecule has 5 aromatic rings. The maximum absolute atomic E-state index is 4.21. The number of allylic oxidation sites excluding steroid dienone is 13. The van der Waals surface area contributed by atoms with E-state index in [1.165, 1.54) is 107 Å². The van der Waals surface area contributed by atoms with Crippen molar-refractivity contribution in [1.29, 1.82) is 0 Å². The second-order valence-corrected chi connectivity index (χ2v) is 17.8. The molecule has 0 saturated heterocycles. The molecule has 0 bridgehead atoms. The van der Waals surface area contributed by atoms with Crippen molar-refractivity contribution in [2.24, 2.45) is 5.92 Å². The molecule has 0 heteroatoms. The number of benzene rings is 5. The summed E-state index contributed by atoms with van der Waals surface area (Å²) in [5, 5.41) is 2.78. The zero-order valence-electron chi connectivity index (χ0n) is 38.7. The minimum absolute atomic E-state index is 0.151. The molecule has 62 heavy (non-hydrogen) atoms. The standard InChI is InChI=1S/C38H36.C16H16.C6H8.C2H6/c1-6-30-31-11-7-8-12-35(31)38(27(5)29-18-14-24(2)15-19-29)34(30)13-9-10-28-17-21-33-36-22-26(4)25(3)16-20-32(36)37(33)23-28;1-11-8-9-13-12-6-4-5-7-14(12)16(2,3)15(13)10-11;1-2-4-6-5-3-1;1-2/h6-9,11-23,25,27,38H,1,10H2,2-5H3;4-10H,1-3H3;1-4H,5-6H2;1-2H3/b13-9-;;;/t25?,27?,38-;;;/m0.../s1. The lowest BCUT2D eigenvalue weighted by Crippen LogP contribution is -2.37. The lowest BCUT2D eigenvalue weighted by Gasteiger charge is -2.23. The molecule has 0 spiro atoms. The molecular weight excluding hydrogens is 745 g/mol. The van der Waals surface area contributed by atoms with Gasteiger partial charge in [-0.05, 0) is 129 Å². The molecule has 0 radical (unpaired) electrons. The molecule has 0 aromatic heterocycles. The van der Waals surface area contributed by atoms with E-state index in [4.69, 9.17) is 0 Å². The van der Waals surface area contributed by atoms with Gasteiger partial charge in [0.15, 0.2) is 0 Å². The van der Waals surface area contributed by atoms with Gasteiger partial charge in [0.1, 0.15) is 0 Å². The normalized spacial score (nSPS) is 18.5. The highest BCUT2D eigenvalue weighted by Gasteiger charge is 2.35. The summed E-state index contributed by atoms with van der Waals surface area (Å²) in [6, 6.07) is 40.5. The highest BCUT2D eigenvalue weighted by Crippen LogP contribution is 2.50. The van der Waals surface area contributed by atoms with E-state index in [1.54, 1.807) is 0 Å². The van der Waals surface area contributed by atoms with Gasteiger partial charge in [0.2, 0.25) is 0 Å². The lowest BCUT2D eigenvalue weighted by molar-refractivity contribution is 0.660. The van der Waals surface area contributed by atoms with Crippen LogP contribution in [-0.4, -0.2) is 0 Å². The summed E-state index contributed by atoms with van der Waals surface area (Å²) in [6.45, 7) is 24.0. The van der Waals surface area contributed by atoms with Crippen LogP contribution in [0.4, 0.5) is 0 Å². The Balaban J connectivity index is 0.000000196. The summed E-state index contributed by atoms with van der Waals surface area (Å²) in [7, 11) is 0. The van der Waals surface area contributed by atoms with Crippen LogP contribution in [0, 0.1) is 19.8 Å². The van der Waals surface area contributed by atoms with Gasteiger partial charge in [-0.25, -0.2) is 0 Å². The first-order valence-corrected chi connectivity index (χ1v) is 23.0. The van der Waals surface area contributed by atoms with E-state index in [0.717, 1.165) is 6.42 Å². The minimum Gasteiger partial charge on any atom is -0.0984 e. The Morgan fingerprint density at radius 1 is 0.710 bits per heavy atom. The quantitative estimate of drug-likeness (QED) is 0.160. The van der Waals surface area contributed by atoms with Gasteiger partial charge in [0.05, 0.1) is 0 Å². The van der Waals surface area contributed by atoms with Gasteiger partial charge < -0.3 is 0 Å². The summed E-state index contributed by atoms with van der Waals surface area (Å²) in [6.07, 6.45) is 25.7. The van der Waals surface area contributed by atoms with Crippen molar-refractivity contribution >= 4 is 16.7 Å². The third kappa shape index (κ3) is 8.85. The molecule has 314 valence electrons. The molecule has 0 nitrogen and oxygen atoms in total. The molecule has 0 fully saturated rings. The highest BCUT2D eigenvalue weighted by molar-refractivity contribution is 6.04. The summed E-state index contributed by atoms with van der Waals surface area (Å²) < 4.78 is 0. The van der Waals surface area contributed by atoms with Crippen molar-refractivity contribution < 1.29 is 0 Å². The Bertz CT molecular complexity index is 2750. The third-order valence-electron chi connectivity index (χ3n) is 13.4. The number of fused-ring (bicyclic) bond motifs is 6. The topological polar surface area (TPSA) is 0 Å². The molecule has 2 unspecified atom stereocenters. The van der Waals surface area contributed by atoms with Crippen LogP contribution in [0.25, 0.3) is 27.8 Å². The predicted molar refractivity (Wildman–Crippen MR) is 271 cm³/mol. The van der Waals surface area contributed by atoms with E-state index in [-0.39, 0.29) is 5.41 Å². The minimum atomic E-state index is 0.151. The Morgan fingerprint density at radius 2 is 1.37 bits per heavy atom. The molecule has 5 aliphatic rings. The average molecular weight is 811 g/mol. The van der Waals surface area contributed by atoms with E-state index in [9.17, 15) is 0 Å². The van der Waals surface area contributed by atoms with E-state index in [0.29, 0.717) is 17.8 Å². The van der Waals surface area contributed by atoms with Crippen LogP contribution in [0.15, 0.2) is 188 Å². The first kappa shape index (κ1) is 44.1. The van der Waals surface area contributed by atoms with Crippen LogP contribution in [0.5, 0.6) is 0 Å². The Labute approximate surface area is 373 Å². The Kier molecular flexibility index (Phi) is 13.8. The Hall–Kier alpha value is -5.98. The average Bonchev–Trinajstić information content (AvgIpc) is 3.69. The van der Waals surface area contributed by atoms with Gasteiger partial charge >= 0.3 is 0 Å². The van der Waals surface area contributed by atoms with E-state index >= 15 is 0 Å². The molecule has 3 atom stereocenters. The smallest absolute Gasteiger partial charge is 0.0168 e. The number of hydrogen-bond acceptors (Lipinski definition) is 0. The maximum Gasteiger partial charge on any atom is 0.0168 e. The number of aryl methyl sites for hydroxylation is 2. The fourth-order valence-electron chi connectivity index (χ4n) is 9.70. The van der Waals surface area contributed by atoms with Crippen molar-refractivity contribution in [1.82, 2.24) is 0 Å². The van der Waals surface area contributed by atoms with Crippen LogP contribution >= 0.6 is 0 Å². The summed E-state index contributed by atoms with van der Waals surface area (Å²) in [5.74, 6) is 1.18. The molecular formula is C62H66. The SMILES string of the molecule is C1=CCCC=C1.C=CC1=C(/C=C\Cc2ccc3c(c2)=C2C=CC(C)C(C)=CC=32)[C@H](C(C)c2ccc(C)cc2)c2ccccc21.CC.Cc1ccc2c(c1)C(C)(C)c1ccccc1-2. The van der Waals surface area contributed by atoms with Crippen molar-refractivity contribution in [3.05, 3.63) is 243 Å². The zero-order valence-corrected chi connectivity index (χ0v) is 38.7. The fourth-order valence-corrected chi connectivity index (χ4v) is 9.70.